The number of halogens is 2. The lowest BCUT2D eigenvalue weighted by Crippen LogP contribution is -2.37. The molecule has 0 fully saturated rings. The Morgan fingerprint density at radius 2 is 1.95 bits per heavy atom. The van der Waals surface area contributed by atoms with Crippen LogP contribution in [0.2, 0.25) is 10.0 Å². The van der Waals surface area contributed by atoms with Crippen molar-refractivity contribution in [1.29, 1.82) is 0 Å². The first kappa shape index (κ1) is 16.3. The molecular weight excluding hydrogens is 285 g/mol. The van der Waals surface area contributed by atoms with Gasteiger partial charge >= 0.3 is 0 Å². The third-order valence-corrected chi connectivity index (χ3v) is 3.71. The topological polar surface area (TPSA) is 48.4 Å². The highest BCUT2D eigenvalue weighted by atomic mass is 35.5. The van der Waals surface area contributed by atoms with E-state index >= 15 is 0 Å². The zero-order valence-corrected chi connectivity index (χ0v) is 13.1. The summed E-state index contributed by atoms with van der Waals surface area (Å²) in [4.78, 5) is 6.51. The molecule has 19 heavy (non-hydrogen) atoms. The van der Waals surface area contributed by atoms with E-state index in [9.17, 15) is 5.11 Å². The standard InChI is InChI=1S/C13H21Cl2N3O/c1-4-9(5-2)18(6-7-19)13-11(15)8-10(14)12(16-3)17-13/h8-9,19H,4-7H2,1-3H3,(H,16,17). The van der Waals surface area contributed by atoms with Crippen LogP contribution < -0.4 is 10.2 Å². The molecule has 4 nitrogen and oxygen atoms in total. The molecule has 0 spiro atoms. The Hall–Kier alpha value is -0.710. The van der Waals surface area contributed by atoms with Crippen molar-refractivity contribution in [1.82, 2.24) is 4.98 Å². The average molecular weight is 306 g/mol. The number of aliphatic hydroxyl groups is 1. The highest BCUT2D eigenvalue weighted by molar-refractivity contribution is 6.37. The highest BCUT2D eigenvalue weighted by Crippen LogP contribution is 2.32. The molecular formula is C13H21Cl2N3O. The van der Waals surface area contributed by atoms with Crippen molar-refractivity contribution >= 4 is 34.8 Å². The first-order chi connectivity index (χ1) is 9.08. The second-order valence-electron chi connectivity index (χ2n) is 4.26. The first-order valence-corrected chi connectivity index (χ1v) is 7.25. The quantitative estimate of drug-likeness (QED) is 0.810. The van der Waals surface area contributed by atoms with Gasteiger partial charge in [0.2, 0.25) is 0 Å². The zero-order chi connectivity index (χ0) is 14.4. The molecule has 0 saturated heterocycles. The van der Waals surface area contributed by atoms with Crippen LogP contribution in [0.3, 0.4) is 0 Å². The van der Waals surface area contributed by atoms with Crippen LogP contribution in [0.25, 0.3) is 0 Å². The Balaban J connectivity index is 3.21. The molecule has 0 radical (unpaired) electrons. The second kappa shape index (κ2) is 7.78. The van der Waals surface area contributed by atoms with Crippen LogP contribution in [0.4, 0.5) is 11.6 Å². The molecule has 0 aromatic carbocycles. The molecule has 2 N–H and O–H groups in total. The van der Waals surface area contributed by atoms with Gasteiger partial charge in [0, 0.05) is 19.6 Å². The van der Waals surface area contributed by atoms with Crippen molar-refractivity contribution in [3.63, 3.8) is 0 Å². The van der Waals surface area contributed by atoms with Crippen molar-refractivity contribution in [3.05, 3.63) is 16.1 Å². The Labute approximate surface area is 124 Å². The molecule has 0 bridgehead atoms. The van der Waals surface area contributed by atoms with Gasteiger partial charge in [0.25, 0.3) is 0 Å². The first-order valence-electron chi connectivity index (χ1n) is 6.50. The molecule has 1 rings (SSSR count). The van der Waals surface area contributed by atoms with Crippen LogP contribution in [0.5, 0.6) is 0 Å². The van der Waals surface area contributed by atoms with E-state index < -0.39 is 0 Å². The molecule has 1 heterocycles. The number of rotatable bonds is 7. The van der Waals surface area contributed by atoms with Gasteiger partial charge in [-0.2, -0.15) is 0 Å². The number of hydrogen-bond acceptors (Lipinski definition) is 4. The zero-order valence-electron chi connectivity index (χ0n) is 11.6. The molecule has 0 aliphatic heterocycles. The van der Waals surface area contributed by atoms with Gasteiger partial charge < -0.3 is 15.3 Å². The van der Waals surface area contributed by atoms with Crippen LogP contribution in [0.15, 0.2) is 6.07 Å². The summed E-state index contributed by atoms with van der Waals surface area (Å²) >= 11 is 12.3. The number of hydrogen-bond donors (Lipinski definition) is 2. The van der Waals surface area contributed by atoms with Gasteiger partial charge in [0.15, 0.2) is 0 Å². The summed E-state index contributed by atoms with van der Waals surface area (Å²) in [6.45, 7) is 4.79. The van der Waals surface area contributed by atoms with E-state index in [1.165, 1.54) is 0 Å². The Bertz CT molecular complexity index is 411. The monoisotopic (exact) mass is 305 g/mol. The molecule has 0 atom stereocenters. The predicted octanol–water partition coefficient (Wildman–Crippen LogP) is 3.42. The normalized spacial score (nSPS) is 10.9. The molecule has 0 aliphatic carbocycles. The SMILES string of the molecule is CCC(CC)N(CCO)c1nc(NC)c(Cl)cc1Cl. The van der Waals surface area contributed by atoms with Crippen molar-refractivity contribution in [2.24, 2.45) is 0 Å². The molecule has 1 aromatic rings. The Morgan fingerprint density at radius 3 is 2.42 bits per heavy atom. The lowest BCUT2D eigenvalue weighted by atomic mass is 10.1. The average Bonchev–Trinajstić information content (AvgIpc) is 2.39. The fourth-order valence-electron chi connectivity index (χ4n) is 2.13. The van der Waals surface area contributed by atoms with Crippen molar-refractivity contribution < 1.29 is 5.11 Å². The van der Waals surface area contributed by atoms with Gasteiger partial charge in [-0.1, -0.05) is 37.0 Å². The molecule has 108 valence electrons. The Kier molecular flexibility index (Phi) is 6.69. The highest BCUT2D eigenvalue weighted by Gasteiger charge is 2.20. The maximum atomic E-state index is 9.26. The van der Waals surface area contributed by atoms with E-state index in [1.807, 2.05) is 4.90 Å². The molecule has 1 aromatic heterocycles. The van der Waals surface area contributed by atoms with E-state index in [-0.39, 0.29) is 6.61 Å². The smallest absolute Gasteiger partial charge is 0.150 e. The number of anilines is 2. The summed E-state index contributed by atoms with van der Waals surface area (Å²) in [5.41, 5.74) is 0. The van der Waals surface area contributed by atoms with Crippen LogP contribution in [0.1, 0.15) is 26.7 Å². The minimum Gasteiger partial charge on any atom is -0.395 e. The summed E-state index contributed by atoms with van der Waals surface area (Å²) in [6.07, 6.45) is 1.93. The fourth-order valence-corrected chi connectivity index (χ4v) is 2.69. The fraction of sp³-hybridized carbons (Fsp3) is 0.615. The summed E-state index contributed by atoms with van der Waals surface area (Å²) in [5, 5.41) is 13.2. The maximum Gasteiger partial charge on any atom is 0.150 e. The predicted molar refractivity (Wildman–Crippen MR) is 82.6 cm³/mol. The van der Waals surface area contributed by atoms with Gasteiger partial charge in [-0.3, -0.25) is 0 Å². The largest absolute Gasteiger partial charge is 0.395 e. The van der Waals surface area contributed by atoms with Crippen molar-refractivity contribution in [3.8, 4) is 0 Å². The van der Waals surface area contributed by atoms with Crippen LogP contribution in [0, 0.1) is 0 Å². The molecule has 0 amide bonds. The maximum absolute atomic E-state index is 9.26. The molecule has 6 heteroatoms. The van der Waals surface area contributed by atoms with E-state index in [2.05, 4.69) is 24.1 Å². The minimum atomic E-state index is 0.0615. The van der Waals surface area contributed by atoms with E-state index in [4.69, 9.17) is 23.2 Å². The van der Waals surface area contributed by atoms with Gasteiger partial charge in [-0.15, -0.1) is 0 Å². The minimum absolute atomic E-state index is 0.0615. The summed E-state index contributed by atoms with van der Waals surface area (Å²) in [7, 11) is 1.76. The summed E-state index contributed by atoms with van der Waals surface area (Å²) in [6, 6.07) is 1.98. The molecule has 0 aliphatic rings. The number of aromatic nitrogens is 1. The number of pyridine rings is 1. The lowest BCUT2D eigenvalue weighted by molar-refractivity contribution is 0.295. The van der Waals surface area contributed by atoms with Gasteiger partial charge in [0.1, 0.15) is 11.6 Å². The van der Waals surface area contributed by atoms with Crippen LogP contribution in [-0.2, 0) is 0 Å². The van der Waals surface area contributed by atoms with Gasteiger partial charge in [-0.25, -0.2) is 4.98 Å². The van der Waals surface area contributed by atoms with E-state index in [0.717, 1.165) is 12.8 Å². The van der Waals surface area contributed by atoms with Crippen LogP contribution >= 0.6 is 23.2 Å². The second-order valence-corrected chi connectivity index (χ2v) is 5.08. The molecule has 0 saturated carbocycles. The summed E-state index contributed by atoms with van der Waals surface area (Å²) in [5.74, 6) is 1.26. The van der Waals surface area contributed by atoms with Crippen LogP contribution in [-0.4, -0.2) is 36.3 Å². The Morgan fingerprint density at radius 1 is 1.32 bits per heavy atom. The number of nitrogens with zero attached hydrogens (tertiary/aromatic N) is 2. The molecule has 0 unspecified atom stereocenters. The van der Waals surface area contributed by atoms with Gasteiger partial charge in [0.05, 0.1) is 16.7 Å². The van der Waals surface area contributed by atoms with Crippen molar-refractivity contribution in [2.75, 3.05) is 30.4 Å². The lowest BCUT2D eigenvalue weighted by Gasteiger charge is -2.32. The third kappa shape index (κ3) is 3.88. The van der Waals surface area contributed by atoms with E-state index in [1.54, 1.807) is 13.1 Å². The van der Waals surface area contributed by atoms with Gasteiger partial charge in [-0.05, 0) is 18.9 Å². The summed E-state index contributed by atoms with van der Waals surface area (Å²) < 4.78 is 0. The van der Waals surface area contributed by atoms with E-state index in [0.29, 0.717) is 34.3 Å². The third-order valence-electron chi connectivity index (χ3n) is 3.14. The van der Waals surface area contributed by atoms with Crippen molar-refractivity contribution in [2.45, 2.75) is 32.7 Å². The number of nitrogens with one attached hydrogen (secondary N) is 1. The number of aliphatic hydroxyl groups excluding tert-OH is 1.